The summed E-state index contributed by atoms with van der Waals surface area (Å²) in [5.74, 6) is 2.40. The molecule has 0 radical (unpaired) electrons. The van der Waals surface area contributed by atoms with Gasteiger partial charge in [0.05, 0.1) is 12.4 Å². The lowest BCUT2D eigenvalue weighted by Crippen LogP contribution is -2.02. The Morgan fingerprint density at radius 1 is 1.37 bits per heavy atom. The molecule has 0 saturated carbocycles. The quantitative estimate of drug-likeness (QED) is 0.894. The summed E-state index contributed by atoms with van der Waals surface area (Å²) >= 11 is 0. The van der Waals surface area contributed by atoms with Gasteiger partial charge in [0.1, 0.15) is 11.6 Å². The largest absolute Gasteiger partial charge is 0.436 e. The van der Waals surface area contributed by atoms with Crippen molar-refractivity contribution in [3.05, 3.63) is 24.3 Å². The minimum Gasteiger partial charge on any atom is -0.436 e. The molecule has 2 rings (SSSR count). The standard InChI is InChI=1S/C13H19N5O/c1-4-5-18-8-10(7-15-18)19-12-6-11(14)16-13(17-12)9(2)3/h6-9H,4-5H2,1-3H3,(H2,14,16,17). The predicted molar refractivity (Wildman–Crippen MR) is 73.1 cm³/mol. The number of ether oxygens (including phenoxy) is 1. The number of hydrogen-bond acceptors (Lipinski definition) is 5. The molecule has 0 atom stereocenters. The van der Waals surface area contributed by atoms with E-state index >= 15 is 0 Å². The van der Waals surface area contributed by atoms with Gasteiger partial charge in [-0.2, -0.15) is 10.1 Å². The van der Waals surface area contributed by atoms with Crippen molar-refractivity contribution in [3.8, 4) is 11.6 Å². The zero-order valence-corrected chi connectivity index (χ0v) is 11.5. The number of nitrogen functional groups attached to an aromatic ring is 1. The average Bonchev–Trinajstić information content (AvgIpc) is 2.76. The molecule has 0 bridgehead atoms. The number of nitrogens with two attached hydrogens (primary N) is 1. The summed E-state index contributed by atoms with van der Waals surface area (Å²) in [5, 5.41) is 4.20. The van der Waals surface area contributed by atoms with Gasteiger partial charge >= 0.3 is 0 Å². The van der Waals surface area contributed by atoms with E-state index in [0.717, 1.165) is 13.0 Å². The van der Waals surface area contributed by atoms with Crippen LogP contribution in [0.4, 0.5) is 5.82 Å². The van der Waals surface area contributed by atoms with E-state index in [1.165, 1.54) is 0 Å². The molecule has 2 aromatic rings. The highest BCUT2D eigenvalue weighted by atomic mass is 16.5. The van der Waals surface area contributed by atoms with E-state index in [2.05, 4.69) is 22.0 Å². The first-order valence-electron chi connectivity index (χ1n) is 6.43. The van der Waals surface area contributed by atoms with E-state index in [4.69, 9.17) is 10.5 Å². The summed E-state index contributed by atoms with van der Waals surface area (Å²) in [7, 11) is 0. The second-order valence-electron chi connectivity index (χ2n) is 4.69. The first-order valence-corrected chi connectivity index (χ1v) is 6.43. The third-order valence-electron chi connectivity index (χ3n) is 2.54. The molecule has 0 aliphatic rings. The molecule has 102 valence electrons. The molecule has 0 saturated heterocycles. The Balaban J connectivity index is 2.17. The lowest BCUT2D eigenvalue weighted by molar-refractivity contribution is 0.456. The van der Waals surface area contributed by atoms with E-state index in [0.29, 0.717) is 23.3 Å². The maximum atomic E-state index is 5.75. The number of hydrogen-bond donors (Lipinski definition) is 1. The molecule has 19 heavy (non-hydrogen) atoms. The first-order chi connectivity index (χ1) is 9.08. The van der Waals surface area contributed by atoms with Gasteiger partial charge in [0.2, 0.25) is 5.88 Å². The van der Waals surface area contributed by atoms with Crippen LogP contribution in [0.5, 0.6) is 11.6 Å². The summed E-state index contributed by atoms with van der Waals surface area (Å²) in [6.07, 6.45) is 4.54. The van der Waals surface area contributed by atoms with Crippen LogP contribution in [0.2, 0.25) is 0 Å². The highest BCUT2D eigenvalue weighted by molar-refractivity contribution is 5.35. The van der Waals surface area contributed by atoms with Crippen molar-refractivity contribution in [2.75, 3.05) is 5.73 Å². The van der Waals surface area contributed by atoms with Crippen molar-refractivity contribution in [1.29, 1.82) is 0 Å². The fourth-order valence-electron chi connectivity index (χ4n) is 1.64. The minimum absolute atomic E-state index is 0.202. The van der Waals surface area contributed by atoms with Gasteiger partial charge < -0.3 is 10.5 Å². The van der Waals surface area contributed by atoms with Crippen LogP contribution in [0.3, 0.4) is 0 Å². The van der Waals surface area contributed by atoms with E-state index in [1.54, 1.807) is 12.3 Å². The number of anilines is 1. The van der Waals surface area contributed by atoms with Gasteiger partial charge in [0.25, 0.3) is 0 Å². The Hall–Kier alpha value is -2.11. The highest BCUT2D eigenvalue weighted by Gasteiger charge is 2.09. The molecule has 0 amide bonds. The van der Waals surface area contributed by atoms with Crippen molar-refractivity contribution in [2.24, 2.45) is 0 Å². The third kappa shape index (κ3) is 3.43. The molecule has 2 N–H and O–H groups in total. The van der Waals surface area contributed by atoms with Gasteiger partial charge in [-0.15, -0.1) is 0 Å². The zero-order chi connectivity index (χ0) is 13.8. The van der Waals surface area contributed by atoms with Gasteiger partial charge in [-0.3, -0.25) is 4.68 Å². The van der Waals surface area contributed by atoms with Crippen molar-refractivity contribution < 1.29 is 4.74 Å². The molecule has 0 aromatic carbocycles. The molecule has 0 spiro atoms. The first kappa shape index (κ1) is 13.3. The fraction of sp³-hybridized carbons (Fsp3) is 0.462. The van der Waals surface area contributed by atoms with Gasteiger partial charge in [0, 0.05) is 18.5 Å². The van der Waals surface area contributed by atoms with Crippen LogP contribution < -0.4 is 10.5 Å². The normalized spacial score (nSPS) is 10.9. The molecule has 0 unspecified atom stereocenters. The molecular formula is C13H19N5O. The van der Waals surface area contributed by atoms with Crippen LogP contribution in [0.15, 0.2) is 18.5 Å². The van der Waals surface area contributed by atoms with E-state index < -0.39 is 0 Å². The Morgan fingerprint density at radius 2 is 2.16 bits per heavy atom. The topological polar surface area (TPSA) is 78.9 Å². The average molecular weight is 261 g/mol. The number of aryl methyl sites for hydroxylation is 1. The maximum absolute atomic E-state index is 5.75. The van der Waals surface area contributed by atoms with E-state index in [9.17, 15) is 0 Å². The zero-order valence-electron chi connectivity index (χ0n) is 11.5. The molecule has 0 aliphatic carbocycles. The summed E-state index contributed by atoms with van der Waals surface area (Å²) in [4.78, 5) is 8.51. The fourth-order valence-corrected chi connectivity index (χ4v) is 1.64. The number of rotatable bonds is 5. The Labute approximate surface area is 112 Å². The monoisotopic (exact) mass is 261 g/mol. The molecule has 6 heteroatoms. The molecule has 0 aliphatic heterocycles. The Morgan fingerprint density at radius 3 is 2.84 bits per heavy atom. The van der Waals surface area contributed by atoms with Crippen LogP contribution in [-0.4, -0.2) is 19.7 Å². The lowest BCUT2D eigenvalue weighted by Gasteiger charge is -2.07. The van der Waals surface area contributed by atoms with Gasteiger partial charge in [-0.1, -0.05) is 20.8 Å². The smallest absolute Gasteiger partial charge is 0.224 e. The summed E-state index contributed by atoms with van der Waals surface area (Å²) in [6.45, 7) is 6.99. The Kier molecular flexibility index (Phi) is 3.99. The maximum Gasteiger partial charge on any atom is 0.224 e. The van der Waals surface area contributed by atoms with Crippen LogP contribution in [0.25, 0.3) is 0 Å². The summed E-state index contributed by atoms with van der Waals surface area (Å²) in [6, 6.07) is 1.61. The van der Waals surface area contributed by atoms with E-state index in [-0.39, 0.29) is 5.92 Å². The molecular weight excluding hydrogens is 242 g/mol. The number of nitrogens with zero attached hydrogens (tertiary/aromatic N) is 4. The van der Waals surface area contributed by atoms with Crippen molar-refractivity contribution >= 4 is 5.82 Å². The highest BCUT2D eigenvalue weighted by Crippen LogP contribution is 2.22. The summed E-state index contributed by atoms with van der Waals surface area (Å²) in [5.41, 5.74) is 5.75. The van der Waals surface area contributed by atoms with Crippen LogP contribution >= 0.6 is 0 Å². The predicted octanol–water partition coefficient (Wildman–Crippen LogP) is 2.58. The Bertz CT molecular complexity index is 550. The molecule has 0 fully saturated rings. The van der Waals surface area contributed by atoms with Gasteiger partial charge in [-0.05, 0) is 6.42 Å². The second kappa shape index (κ2) is 5.69. The van der Waals surface area contributed by atoms with Gasteiger partial charge in [-0.25, -0.2) is 4.98 Å². The van der Waals surface area contributed by atoms with E-state index in [1.807, 2.05) is 24.7 Å². The molecule has 6 nitrogen and oxygen atoms in total. The third-order valence-corrected chi connectivity index (χ3v) is 2.54. The van der Waals surface area contributed by atoms with Crippen LogP contribution in [0, 0.1) is 0 Å². The second-order valence-corrected chi connectivity index (χ2v) is 4.69. The number of aromatic nitrogens is 4. The lowest BCUT2D eigenvalue weighted by atomic mass is 10.2. The van der Waals surface area contributed by atoms with Crippen LogP contribution in [-0.2, 0) is 6.54 Å². The van der Waals surface area contributed by atoms with Gasteiger partial charge in [0.15, 0.2) is 5.75 Å². The van der Waals surface area contributed by atoms with Crippen molar-refractivity contribution in [1.82, 2.24) is 19.7 Å². The van der Waals surface area contributed by atoms with Crippen molar-refractivity contribution in [3.63, 3.8) is 0 Å². The molecule has 2 heterocycles. The summed E-state index contributed by atoms with van der Waals surface area (Å²) < 4.78 is 7.50. The van der Waals surface area contributed by atoms with Crippen LogP contribution in [0.1, 0.15) is 38.9 Å². The minimum atomic E-state index is 0.202. The SMILES string of the molecule is CCCn1cc(Oc2cc(N)nc(C(C)C)n2)cn1. The van der Waals surface area contributed by atoms with Crippen molar-refractivity contribution in [2.45, 2.75) is 39.7 Å². The molecule has 2 aromatic heterocycles.